The molecule has 0 aliphatic heterocycles. The van der Waals surface area contributed by atoms with E-state index in [1.165, 1.54) is 10.6 Å². The van der Waals surface area contributed by atoms with Crippen molar-refractivity contribution >= 4 is 17.4 Å². The fourth-order valence-electron chi connectivity index (χ4n) is 2.25. The minimum absolute atomic E-state index is 0.841. The number of fused-ring (bicyclic) bond motifs is 1. The van der Waals surface area contributed by atoms with Gasteiger partial charge in [-0.3, -0.25) is 0 Å². The average molecular weight is 297 g/mol. The van der Waals surface area contributed by atoms with Gasteiger partial charge in [-0.25, -0.2) is 4.98 Å². The van der Waals surface area contributed by atoms with Gasteiger partial charge in [0.15, 0.2) is 0 Å². The third kappa shape index (κ3) is 3.28. The summed E-state index contributed by atoms with van der Waals surface area (Å²) in [7, 11) is 0. The third-order valence-corrected chi connectivity index (χ3v) is 4.30. The lowest BCUT2D eigenvalue weighted by molar-refractivity contribution is 0.652. The summed E-state index contributed by atoms with van der Waals surface area (Å²) in [5.41, 5.74) is 2.23. The highest BCUT2D eigenvalue weighted by Gasteiger charge is 2.12. The normalized spacial score (nSPS) is 11.1. The number of imidazole rings is 1. The van der Waals surface area contributed by atoms with Gasteiger partial charge in [-0.15, -0.1) is 0 Å². The minimum atomic E-state index is 0.841. The van der Waals surface area contributed by atoms with E-state index in [0.29, 0.717) is 0 Å². The van der Waals surface area contributed by atoms with Gasteiger partial charge in [-0.1, -0.05) is 43.0 Å². The highest BCUT2D eigenvalue weighted by molar-refractivity contribution is 7.99. The number of hydrogen-bond acceptors (Lipinski definition) is 3. The molecule has 3 rings (SSSR count). The zero-order valence-corrected chi connectivity index (χ0v) is 12.9. The third-order valence-electron chi connectivity index (χ3n) is 3.27. The van der Waals surface area contributed by atoms with Crippen LogP contribution >= 0.6 is 11.8 Å². The Balaban J connectivity index is 1.94. The van der Waals surface area contributed by atoms with Gasteiger partial charge in [-0.2, -0.15) is 0 Å². The Bertz CT molecular complexity index is 706. The number of aromatic nitrogens is 2. The fourth-order valence-corrected chi connectivity index (χ4v) is 3.20. The van der Waals surface area contributed by atoms with Crippen LogP contribution in [0.4, 0.5) is 0 Å². The van der Waals surface area contributed by atoms with E-state index in [2.05, 4.69) is 59.2 Å². The van der Waals surface area contributed by atoms with Crippen molar-refractivity contribution < 1.29 is 0 Å². The van der Waals surface area contributed by atoms with Crippen LogP contribution in [0.15, 0.2) is 64.6 Å². The summed E-state index contributed by atoms with van der Waals surface area (Å²) in [5.74, 6) is 0. The second kappa shape index (κ2) is 6.78. The molecule has 2 aromatic heterocycles. The Hall–Kier alpha value is -1.78. The zero-order valence-electron chi connectivity index (χ0n) is 12.1. The van der Waals surface area contributed by atoms with E-state index in [4.69, 9.17) is 4.98 Å². The largest absolute Gasteiger partial charge is 0.311 e. The number of pyridine rings is 1. The van der Waals surface area contributed by atoms with Gasteiger partial charge in [0, 0.05) is 17.6 Å². The standard InChI is InChI=1S/C17H19N3S/c1-2-11-18-13-15-17(21-14-8-4-3-5-9-14)19-16-10-6-7-12-20(15)16/h3-10,12,18H,2,11,13H2,1H3. The van der Waals surface area contributed by atoms with E-state index in [-0.39, 0.29) is 0 Å². The lowest BCUT2D eigenvalue weighted by atomic mass is 10.4. The first-order valence-electron chi connectivity index (χ1n) is 7.28. The van der Waals surface area contributed by atoms with Crippen molar-refractivity contribution in [2.24, 2.45) is 0 Å². The number of hydrogen-bond donors (Lipinski definition) is 1. The van der Waals surface area contributed by atoms with Crippen LogP contribution in [-0.4, -0.2) is 15.9 Å². The first-order valence-corrected chi connectivity index (χ1v) is 8.09. The lowest BCUT2D eigenvalue weighted by Gasteiger charge is -2.06. The van der Waals surface area contributed by atoms with Crippen LogP contribution < -0.4 is 5.32 Å². The summed E-state index contributed by atoms with van der Waals surface area (Å²) in [4.78, 5) is 5.99. The molecule has 0 unspecified atom stereocenters. The van der Waals surface area contributed by atoms with E-state index in [9.17, 15) is 0 Å². The smallest absolute Gasteiger partial charge is 0.138 e. The zero-order chi connectivity index (χ0) is 14.5. The van der Waals surface area contributed by atoms with Crippen molar-refractivity contribution in [1.82, 2.24) is 14.7 Å². The van der Waals surface area contributed by atoms with Gasteiger partial charge in [0.2, 0.25) is 0 Å². The molecule has 0 amide bonds. The van der Waals surface area contributed by atoms with E-state index >= 15 is 0 Å². The molecule has 0 atom stereocenters. The summed E-state index contributed by atoms with van der Waals surface area (Å²) in [5, 5.41) is 4.56. The molecule has 2 heterocycles. The number of nitrogens with one attached hydrogen (secondary N) is 1. The Morgan fingerprint density at radius 3 is 2.71 bits per heavy atom. The highest BCUT2D eigenvalue weighted by Crippen LogP contribution is 2.30. The Kier molecular flexibility index (Phi) is 4.58. The van der Waals surface area contributed by atoms with Crippen LogP contribution in [0.5, 0.6) is 0 Å². The van der Waals surface area contributed by atoms with Gasteiger partial charge in [-0.05, 0) is 37.2 Å². The van der Waals surface area contributed by atoms with Crippen molar-refractivity contribution in [1.29, 1.82) is 0 Å². The summed E-state index contributed by atoms with van der Waals surface area (Å²) in [6, 6.07) is 16.5. The van der Waals surface area contributed by atoms with Crippen LogP contribution in [0.1, 0.15) is 19.0 Å². The summed E-state index contributed by atoms with van der Waals surface area (Å²) in [6.45, 7) is 4.05. The van der Waals surface area contributed by atoms with E-state index in [1.807, 2.05) is 12.1 Å². The van der Waals surface area contributed by atoms with Gasteiger partial charge in [0.25, 0.3) is 0 Å². The van der Waals surface area contributed by atoms with Crippen molar-refractivity contribution in [2.45, 2.75) is 29.8 Å². The van der Waals surface area contributed by atoms with Gasteiger partial charge >= 0.3 is 0 Å². The second-order valence-corrected chi connectivity index (χ2v) is 5.95. The molecule has 4 heteroatoms. The van der Waals surface area contributed by atoms with Crippen LogP contribution in [0.25, 0.3) is 5.65 Å². The topological polar surface area (TPSA) is 29.3 Å². The monoisotopic (exact) mass is 297 g/mol. The minimum Gasteiger partial charge on any atom is -0.311 e. The maximum Gasteiger partial charge on any atom is 0.138 e. The first-order chi connectivity index (χ1) is 10.4. The fraction of sp³-hybridized carbons (Fsp3) is 0.235. The molecule has 1 N–H and O–H groups in total. The van der Waals surface area contributed by atoms with Gasteiger partial charge in [0.1, 0.15) is 10.7 Å². The molecule has 0 spiro atoms. The van der Waals surface area contributed by atoms with Gasteiger partial charge in [0.05, 0.1) is 5.69 Å². The predicted octanol–water partition coefficient (Wildman–Crippen LogP) is 3.99. The summed E-state index contributed by atoms with van der Waals surface area (Å²) < 4.78 is 2.17. The quantitative estimate of drug-likeness (QED) is 0.698. The van der Waals surface area contributed by atoms with E-state index in [0.717, 1.165) is 30.2 Å². The van der Waals surface area contributed by atoms with Crippen molar-refractivity contribution in [3.05, 3.63) is 60.4 Å². The summed E-state index contributed by atoms with van der Waals surface area (Å²) >= 11 is 1.73. The Morgan fingerprint density at radius 1 is 1.10 bits per heavy atom. The first kappa shape index (κ1) is 14.2. The van der Waals surface area contributed by atoms with Crippen LogP contribution in [-0.2, 0) is 6.54 Å². The molecule has 3 aromatic rings. The molecular weight excluding hydrogens is 278 g/mol. The Morgan fingerprint density at radius 2 is 1.90 bits per heavy atom. The molecule has 0 saturated carbocycles. The van der Waals surface area contributed by atoms with Crippen LogP contribution in [0, 0.1) is 0 Å². The molecule has 0 radical (unpaired) electrons. The molecule has 0 aliphatic rings. The molecule has 0 fully saturated rings. The summed E-state index contributed by atoms with van der Waals surface area (Å²) in [6.07, 6.45) is 3.22. The molecule has 0 aliphatic carbocycles. The molecule has 3 nitrogen and oxygen atoms in total. The Labute approximate surface area is 129 Å². The molecule has 0 bridgehead atoms. The van der Waals surface area contributed by atoms with Gasteiger partial charge < -0.3 is 9.72 Å². The molecule has 108 valence electrons. The van der Waals surface area contributed by atoms with Crippen molar-refractivity contribution in [2.75, 3.05) is 6.54 Å². The highest BCUT2D eigenvalue weighted by atomic mass is 32.2. The van der Waals surface area contributed by atoms with E-state index in [1.54, 1.807) is 11.8 Å². The van der Waals surface area contributed by atoms with Crippen molar-refractivity contribution in [3.63, 3.8) is 0 Å². The molecule has 0 saturated heterocycles. The van der Waals surface area contributed by atoms with Crippen LogP contribution in [0.3, 0.4) is 0 Å². The average Bonchev–Trinajstić information content (AvgIpc) is 2.86. The van der Waals surface area contributed by atoms with Crippen LogP contribution in [0.2, 0.25) is 0 Å². The maximum atomic E-state index is 4.77. The maximum absolute atomic E-state index is 4.77. The van der Waals surface area contributed by atoms with E-state index < -0.39 is 0 Å². The molecule has 21 heavy (non-hydrogen) atoms. The number of rotatable bonds is 6. The SMILES string of the molecule is CCCNCc1c(Sc2ccccc2)nc2ccccn12. The molecular formula is C17H19N3S. The number of nitrogens with zero attached hydrogens (tertiary/aromatic N) is 2. The number of benzene rings is 1. The van der Waals surface area contributed by atoms with Crippen molar-refractivity contribution in [3.8, 4) is 0 Å². The lowest BCUT2D eigenvalue weighted by Crippen LogP contribution is -2.15. The molecule has 1 aromatic carbocycles. The second-order valence-electron chi connectivity index (χ2n) is 4.88. The predicted molar refractivity (Wildman–Crippen MR) is 87.8 cm³/mol.